The van der Waals surface area contributed by atoms with Crippen LogP contribution in [0.25, 0.3) is 10.8 Å². The minimum atomic E-state index is 0.148. The lowest BCUT2D eigenvalue weighted by atomic mass is 9.50. The number of nitrogens with zero attached hydrogens (tertiary/aromatic N) is 1. The predicted molar refractivity (Wildman–Crippen MR) is 73.7 cm³/mol. The molecule has 0 N–H and O–H groups in total. The number of rotatable bonds is 1. The van der Waals surface area contributed by atoms with E-state index < -0.39 is 0 Å². The maximum atomic E-state index is 9.35. The van der Waals surface area contributed by atoms with Crippen LogP contribution in [-0.2, 0) is 4.74 Å². The van der Waals surface area contributed by atoms with Gasteiger partial charge in [0.2, 0.25) is 0 Å². The highest BCUT2D eigenvalue weighted by Crippen LogP contribution is 2.61. The van der Waals surface area contributed by atoms with Crippen LogP contribution in [0.3, 0.4) is 0 Å². The van der Waals surface area contributed by atoms with Crippen molar-refractivity contribution in [3.63, 3.8) is 0 Å². The molecule has 0 unspecified atom stereocenters. The van der Waals surface area contributed by atoms with Crippen molar-refractivity contribution in [2.45, 2.75) is 12.3 Å². The Hall–Kier alpha value is -1.85. The van der Waals surface area contributed by atoms with Crippen molar-refractivity contribution in [2.24, 2.45) is 11.3 Å². The van der Waals surface area contributed by atoms with Gasteiger partial charge in [0, 0.05) is 11.3 Å². The molecule has 1 spiro atoms. The van der Waals surface area contributed by atoms with Crippen LogP contribution in [0.1, 0.15) is 17.9 Å². The van der Waals surface area contributed by atoms with Crippen molar-refractivity contribution in [2.75, 3.05) is 13.2 Å². The summed E-state index contributed by atoms with van der Waals surface area (Å²) in [7, 11) is 0. The Bertz CT molecular complexity index is 676. The Kier molecular flexibility index (Phi) is 2.22. The first kappa shape index (κ1) is 11.0. The van der Waals surface area contributed by atoms with Gasteiger partial charge in [0.15, 0.2) is 0 Å². The fourth-order valence-corrected chi connectivity index (χ4v) is 3.80. The number of ether oxygens (including phenoxy) is 1. The summed E-state index contributed by atoms with van der Waals surface area (Å²) in [6, 6.07) is 17.4. The highest BCUT2D eigenvalue weighted by molar-refractivity contribution is 5.86. The molecule has 0 radical (unpaired) electrons. The SMILES string of the molecule is N#C[C@@H]1CC2(COC2)[C@H]1c1cccc2ccccc12. The molecule has 2 aromatic rings. The van der Waals surface area contributed by atoms with Crippen LogP contribution < -0.4 is 0 Å². The van der Waals surface area contributed by atoms with Gasteiger partial charge in [0.25, 0.3) is 0 Å². The zero-order valence-electron chi connectivity index (χ0n) is 10.7. The van der Waals surface area contributed by atoms with Gasteiger partial charge in [-0.2, -0.15) is 5.26 Å². The molecule has 1 aliphatic carbocycles. The van der Waals surface area contributed by atoms with Gasteiger partial charge in [0.1, 0.15) is 0 Å². The van der Waals surface area contributed by atoms with Gasteiger partial charge in [-0.15, -0.1) is 0 Å². The molecule has 2 fully saturated rings. The lowest BCUT2D eigenvalue weighted by molar-refractivity contribution is -0.186. The molecule has 2 aliphatic rings. The molecule has 1 saturated carbocycles. The fourth-order valence-electron chi connectivity index (χ4n) is 3.80. The first-order chi connectivity index (χ1) is 9.34. The van der Waals surface area contributed by atoms with Crippen molar-refractivity contribution in [3.8, 4) is 6.07 Å². The molecular formula is C17H15NO. The van der Waals surface area contributed by atoms with Crippen LogP contribution in [0.15, 0.2) is 42.5 Å². The second-order valence-corrected chi connectivity index (χ2v) is 5.84. The van der Waals surface area contributed by atoms with E-state index in [9.17, 15) is 5.26 Å². The molecule has 94 valence electrons. The minimum Gasteiger partial charge on any atom is -0.380 e. The molecule has 0 bridgehead atoms. The number of fused-ring (bicyclic) bond motifs is 1. The topological polar surface area (TPSA) is 33.0 Å². The third kappa shape index (κ3) is 1.39. The molecule has 1 heterocycles. The predicted octanol–water partition coefficient (Wildman–Crippen LogP) is 3.48. The largest absolute Gasteiger partial charge is 0.380 e. The van der Waals surface area contributed by atoms with Gasteiger partial charge in [-0.25, -0.2) is 0 Å². The first-order valence-corrected chi connectivity index (χ1v) is 6.79. The Labute approximate surface area is 112 Å². The summed E-state index contributed by atoms with van der Waals surface area (Å²) >= 11 is 0. The van der Waals surface area contributed by atoms with Crippen LogP contribution in [0.4, 0.5) is 0 Å². The maximum absolute atomic E-state index is 9.35. The first-order valence-electron chi connectivity index (χ1n) is 6.79. The highest BCUT2D eigenvalue weighted by atomic mass is 16.5. The molecule has 2 nitrogen and oxygen atoms in total. The molecule has 1 aliphatic heterocycles. The number of hydrogen-bond donors (Lipinski definition) is 0. The van der Waals surface area contributed by atoms with Gasteiger partial charge in [0.05, 0.1) is 25.2 Å². The average Bonchev–Trinajstić information content (AvgIpc) is 2.37. The Balaban J connectivity index is 1.87. The standard InChI is InChI=1S/C17H15NO/c18-9-13-8-17(10-19-11-17)16(13)15-7-3-5-12-4-1-2-6-14(12)15/h1-7,13,16H,8,10-11H2/t13-,16+/m0/s1. The number of benzene rings is 2. The van der Waals surface area contributed by atoms with Gasteiger partial charge >= 0.3 is 0 Å². The van der Waals surface area contributed by atoms with E-state index in [0.29, 0.717) is 5.92 Å². The van der Waals surface area contributed by atoms with Crippen molar-refractivity contribution in [1.29, 1.82) is 5.26 Å². The smallest absolute Gasteiger partial charge is 0.0662 e. The van der Waals surface area contributed by atoms with E-state index in [0.717, 1.165) is 19.6 Å². The molecule has 0 aromatic heterocycles. The number of nitriles is 1. The molecule has 4 rings (SSSR count). The van der Waals surface area contributed by atoms with Crippen LogP contribution in [0.2, 0.25) is 0 Å². The second-order valence-electron chi connectivity index (χ2n) is 5.84. The van der Waals surface area contributed by atoms with Crippen molar-refractivity contribution in [1.82, 2.24) is 0 Å². The fraction of sp³-hybridized carbons (Fsp3) is 0.353. The normalized spacial score (nSPS) is 27.5. The summed E-state index contributed by atoms with van der Waals surface area (Å²) in [4.78, 5) is 0. The van der Waals surface area contributed by atoms with E-state index in [4.69, 9.17) is 4.74 Å². The van der Waals surface area contributed by atoms with Crippen LogP contribution in [0.5, 0.6) is 0 Å². The summed E-state index contributed by atoms with van der Waals surface area (Å²) in [6.45, 7) is 1.64. The number of hydrogen-bond acceptors (Lipinski definition) is 2. The van der Waals surface area contributed by atoms with Gasteiger partial charge in [-0.05, 0) is 22.8 Å². The highest BCUT2D eigenvalue weighted by Gasteiger charge is 2.59. The zero-order chi connectivity index (χ0) is 12.9. The quantitative estimate of drug-likeness (QED) is 0.775. The molecule has 2 aromatic carbocycles. The van der Waals surface area contributed by atoms with E-state index >= 15 is 0 Å². The summed E-state index contributed by atoms with van der Waals surface area (Å²) in [5, 5.41) is 11.9. The molecule has 1 saturated heterocycles. The van der Waals surface area contributed by atoms with Crippen molar-refractivity contribution in [3.05, 3.63) is 48.0 Å². The Morgan fingerprint density at radius 1 is 1.11 bits per heavy atom. The Morgan fingerprint density at radius 2 is 1.89 bits per heavy atom. The second kappa shape index (κ2) is 3.82. The molecular weight excluding hydrogens is 234 g/mol. The van der Waals surface area contributed by atoms with E-state index in [1.165, 1.54) is 16.3 Å². The van der Waals surface area contributed by atoms with Crippen molar-refractivity contribution >= 4 is 10.8 Å². The van der Waals surface area contributed by atoms with E-state index in [2.05, 4.69) is 48.5 Å². The lowest BCUT2D eigenvalue weighted by Gasteiger charge is -2.58. The van der Waals surface area contributed by atoms with Crippen LogP contribution in [0, 0.1) is 22.7 Å². The van der Waals surface area contributed by atoms with Crippen LogP contribution >= 0.6 is 0 Å². The molecule has 19 heavy (non-hydrogen) atoms. The third-order valence-electron chi connectivity index (χ3n) is 4.79. The molecule has 0 amide bonds. The van der Waals surface area contributed by atoms with Gasteiger partial charge in [-0.3, -0.25) is 0 Å². The summed E-state index contributed by atoms with van der Waals surface area (Å²) in [6.07, 6.45) is 0.997. The Morgan fingerprint density at radius 3 is 2.63 bits per heavy atom. The molecule has 2 atom stereocenters. The van der Waals surface area contributed by atoms with E-state index in [1.54, 1.807) is 0 Å². The van der Waals surface area contributed by atoms with E-state index in [1.807, 2.05) is 0 Å². The average molecular weight is 249 g/mol. The zero-order valence-corrected chi connectivity index (χ0v) is 10.7. The van der Waals surface area contributed by atoms with E-state index in [-0.39, 0.29) is 11.3 Å². The van der Waals surface area contributed by atoms with Crippen LogP contribution in [-0.4, -0.2) is 13.2 Å². The van der Waals surface area contributed by atoms with Gasteiger partial charge in [-0.1, -0.05) is 42.5 Å². The van der Waals surface area contributed by atoms with Gasteiger partial charge < -0.3 is 4.74 Å². The molecule has 2 heteroatoms. The minimum absolute atomic E-state index is 0.148. The summed E-state index contributed by atoms with van der Waals surface area (Å²) in [5.41, 5.74) is 1.57. The third-order valence-corrected chi connectivity index (χ3v) is 4.79. The summed E-state index contributed by atoms with van der Waals surface area (Å²) in [5.74, 6) is 0.493. The monoisotopic (exact) mass is 249 g/mol. The lowest BCUT2D eigenvalue weighted by Crippen LogP contribution is -2.58. The van der Waals surface area contributed by atoms with Crippen molar-refractivity contribution < 1.29 is 4.74 Å². The maximum Gasteiger partial charge on any atom is 0.0662 e. The summed E-state index contributed by atoms with van der Waals surface area (Å²) < 4.78 is 5.43.